The van der Waals surface area contributed by atoms with Gasteiger partial charge in [0.25, 0.3) is 0 Å². The fourth-order valence-electron chi connectivity index (χ4n) is 0.927. The third-order valence-electron chi connectivity index (χ3n) is 2.10. The zero-order valence-corrected chi connectivity index (χ0v) is 5.22. The summed E-state index contributed by atoms with van der Waals surface area (Å²) in [4.78, 5) is 10.3. The van der Waals surface area contributed by atoms with Gasteiger partial charge in [-0.2, -0.15) is 0 Å². The first-order valence-corrected chi connectivity index (χ1v) is 2.95. The number of alkyl halides is 1. The van der Waals surface area contributed by atoms with Gasteiger partial charge in [0.1, 0.15) is 6.17 Å². The minimum Gasteiger partial charge on any atom is -0.481 e. The van der Waals surface area contributed by atoms with E-state index in [2.05, 4.69) is 0 Å². The number of carboxylic acid groups (broad SMARTS) is 1. The number of carboxylic acids is 1. The third kappa shape index (κ3) is 0.713. The highest BCUT2D eigenvalue weighted by atomic mass is 18.2. The van der Waals surface area contributed by atoms with Crippen LogP contribution in [-0.2, 0) is 4.79 Å². The molecule has 0 spiro atoms. The van der Waals surface area contributed by atoms with Crippen molar-refractivity contribution in [2.75, 3.05) is 0 Å². The van der Waals surface area contributed by atoms with Gasteiger partial charge in [-0.1, -0.05) is 0 Å². The normalized spacial score (nSPS) is 41.8. The molecule has 0 aromatic heterocycles. The maximum atomic E-state index is 12.4. The van der Waals surface area contributed by atoms with Crippen LogP contribution in [0, 0.1) is 5.41 Å². The van der Waals surface area contributed by atoms with E-state index in [1.807, 2.05) is 0 Å². The highest BCUT2D eigenvalue weighted by Gasteiger charge is 2.49. The molecule has 2 nitrogen and oxygen atoms in total. The summed E-state index contributed by atoms with van der Waals surface area (Å²) in [7, 11) is 0. The van der Waals surface area contributed by atoms with E-state index in [-0.39, 0.29) is 0 Å². The van der Waals surface area contributed by atoms with Crippen LogP contribution in [0.4, 0.5) is 4.39 Å². The highest BCUT2D eigenvalue weighted by molar-refractivity contribution is 5.76. The number of carbonyl (C=O) groups is 1. The maximum Gasteiger partial charge on any atom is 0.312 e. The van der Waals surface area contributed by atoms with Crippen molar-refractivity contribution in [2.24, 2.45) is 5.41 Å². The average molecular weight is 131 g/mol. The molecule has 0 radical (unpaired) electrons. The van der Waals surface area contributed by atoms with Gasteiger partial charge in [0, 0.05) is 0 Å². The molecule has 1 unspecified atom stereocenters. The van der Waals surface area contributed by atoms with Gasteiger partial charge in [0.05, 0.1) is 5.41 Å². The van der Waals surface area contributed by atoms with E-state index in [0.29, 0.717) is 12.8 Å². The van der Waals surface area contributed by atoms with E-state index < -0.39 is 17.6 Å². The Morgan fingerprint density at radius 1 is 1.89 bits per heavy atom. The number of rotatable bonds is 1. The van der Waals surface area contributed by atoms with Crippen LogP contribution in [0.2, 0.25) is 0 Å². The Bertz CT molecular complexity index is 146. The van der Waals surface area contributed by atoms with Gasteiger partial charge in [-0.3, -0.25) is 4.79 Å². The van der Waals surface area contributed by atoms with Crippen LogP contribution in [0.15, 0.2) is 0 Å². The first kappa shape index (κ1) is 6.52. The lowest BCUT2D eigenvalue weighted by Gasteiger charge is -2.37. The first-order valence-electron chi connectivity index (χ1n) is 2.95. The molecule has 0 heterocycles. The van der Waals surface area contributed by atoms with Crippen LogP contribution in [0.5, 0.6) is 0 Å². The maximum absolute atomic E-state index is 12.4. The van der Waals surface area contributed by atoms with E-state index in [9.17, 15) is 9.18 Å². The average Bonchev–Trinajstić information content (AvgIpc) is 1.82. The molecule has 3 heteroatoms. The molecule has 52 valence electrons. The zero-order valence-electron chi connectivity index (χ0n) is 5.22. The molecule has 1 N–H and O–H groups in total. The van der Waals surface area contributed by atoms with E-state index >= 15 is 0 Å². The van der Waals surface area contributed by atoms with Crippen LogP contribution in [0.25, 0.3) is 0 Å². The Balaban J connectivity index is 2.64. The minimum absolute atomic E-state index is 0.406. The van der Waals surface area contributed by atoms with Gasteiger partial charge in [0.2, 0.25) is 0 Å². The van der Waals surface area contributed by atoms with Crippen molar-refractivity contribution >= 4 is 5.97 Å². The lowest BCUT2D eigenvalue weighted by atomic mass is 9.68. The lowest BCUT2D eigenvalue weighted by Crippen LogP contribution is -2.45. The summed E-state index contributed by atoms with van der Waals surface area (Å²) in [5.74, 6) is -1.01. The molecular formula is C6H9FO2. The van der Waals surface area contributed by atoms with Crippen LogP contribution in [0.3, 0.4) is 0 Å². The first-order chi connectivity index (χ1) is 4.07. The molecule has 1 rings (SSSR count). The van der Waals surface area contributed by atoms with Crippen molar-refractivity contribution in [3.8, 4) is 0 Å². The summed E-state index contributed by atoms with van der Waals surface area (Å²) >= 11 is 0. The number of hydrogen-bond donors (Lipinski definition) is 1. The summed E-state index contributed by atoms with van der Waals surface area (Å²) in [5, 5.41) is 8.42. The topological polar surface area (TPSA) is 37.3 Å². The smallest absolute Gasteiger partial charge is 0.312 e. The molecule has 1 saturated carbocycles. The van der Waals surface area contributed by atoms with Crippen LogP contribution < -0.4 is 0 Å². The molecule has 0 amide bonds. The van der Waals surface area contributed by atoms with Crippen LogP contribution in [-0.4, -0.2) is 17.2 Å². The largest absolute Gasteiger partial charge is 0.481 e. The predicted octanol–water partition coefficient (Wildman–Crippen LogP) is 1.21. The molecule has 1 aliphatic carbocycles. The third-order valence-corrected chi connectivity index (χ3v) is 2.10. The fraction of sp³-hybridized carbons (Fsp3) is 0.833. The minimum atomic E-state index is -1.13. The highest BCUT2D eigenvalue weighted by Crippen LogP contribution is 2.42. The molecule has 9 heavy (non-hydrogen) atoms. The van der Waals surface area contributed by atoms with E-state index in [1.54, 1.807) is 0 Å². The van der Waals surface area contributed by atoms with Gasteiger partial charge in [-0.25, -0.2) is 4.39 Å². The Kier molecular flexibility index (Phi) is 1.22. The summed E-state index contributed by atoms with van der Waals surface area (Å²) in [5.41, 5.74) is -1.07. The number of hydrogen-bond acceptors (Lipinski definition) is 1. The monoisotopic (exact) mass is 131 g/mol. The molecule has 0 aromatic rings. The van der Waals surface area contributed by atoms with Crippen LogP contribution >= 0.6 is 0 Å². The molecule has 2 atom stereocenters. The summed E-state index contributed by atoms with van der Waals surface area (Å²) in [6.45, 7) is 1.45. The molecule has 0 aliphatic heterocycles. The molecule has 0 aromatic carbocycles. The van der Waals surface area contributed by atoms with Gasteiger partial charge in [-0.05, 0) is 19.8 Å². The van der Waals surface area contributed by atoms with Crippen molar-refractivity contribution in [3.05, 3.63) is 0 Å². The number of aliphatic carboxylic acids is 1. The van der Waals surface area contributed by atoms with Gasteiger partial charge in [0.15, 0.2) is 0 Å². The Morgan fingerprint density at radius 2 is 2.44 bits per heavy atom. The fourth-order valence-corrected chi connectivity index (χ4v) is 0.927. The summed E-state index contributed by atoms with van der Waals surface area (Å²) < 4.78 is 12.4. The van der Waals surface area contributed by atoms with E-state index in [0.717, 1.165) is 0 Å². The molecule has 0 saturated heterocycles. The lowest BCUT2D eigenvalue weighted by molar-refractivity contribution is -0.160. The van der Waals surface area contributed by atoms with Crippen molar-refractivity contribution in [1.82, 2.24) is 0 Å². The van der Waals surface area contributed by atoms with Crippen LogP contribution in [0.1, 0.15) is 19.8 Å². The summed E-state index contributed by atoms with van der Waals surface area (Å²) in [6.07, 6.45) is -0.248. The Morgan fingerprint density at radius 3 is 2.44 bits per heavy atom. The van der Waals surface area contributed by atoms with Gasteiger partial charge < -0.3 is 5.11 Å². The molecule has 1 fully saturated rings. The molecule has 0 bridgehead atoms. The molecular weight excluding hydrogens is 122 g/mol. The SMILES string of the molecule is C[C@@]1(C(=O)O)CCC1[18F]. The summed E-state index contributed by atoms with van der Waals surface area (Å²) in [6, 6.07) is 0. The Labute approximate surface area is 52.7 Å². The van der Waals surface area contributed by atoms with Crippen molar-refractivity contribution < 1.29 is 14.3 Å². The van der Waals surface area contributed by atoms with E-state index in [1.165, 1.54) is 6.92 Å². The quantitative estimate of drug-likeness (QED) is 0.580. The second-order valence-corrected chi connectivity index (χ2v) is 2.73. The second kappa shape index (κ2) is 1.69. The number of halogens is 1. The standard InChI is InChI=1S/C6H9FO2/c1-6(5(8)9)3-2-4(6)7/h4H,2-3H2,1H3,(H,8,9)/t4?,6-/m1/s1/i7-1. The molecule has 1 aliphatic rings. The zero-order chi connectivity index (χ0) is 7.07. The predicted molar refractivity (Wildman–Crippen MR) is 29.9 cm³/mol. The second-order valence-electron chi connectivity index (χ2n) is 2.73. The van der Waals surface area contributed by atoms with Crippen molar-refractivity contribution in [3.63, 3.8) is 0 Å². The van der Waals surface area contributed by atoms with E-state index in [4.69, 9.17) is 5.11 Å². The van der Waals surface area contributed by atoms with Gasteiger partial charge >= 0.3 is 5.97 Å². The van der Waals surface area contributed by atoms with Crippen molar-refractivity contribution in [2.45, 2.75) is 25.9 Å². The van der Waals surface area contributed by atoms with Crippen molar-refractivity contribution in [1.29, 1.82) is 0 Å². The van der Waals surface area contributed by atoms with Gasteiger partial charge in [-0.15, -0.1) is 0 Å². The Hall–Kier alpha value is -0.600.